The van der Waals surface area contributed by atoms with Crippen LogP contribution in [-0.4, -0.2) is 12.5 Å². The predicted molar refractivity (Wildman–Crippen MR) is 76.6 cm³/mol. The molecule has 1 amide bonds. The minimum Gasteiger partial charge on any atom is -0.491 e. The summed E-state index contributed by atoms with van der Waals surface area (Å²) in [5, 5.41) is 2.72. The third-order valence-corrected chi connectivity index (χ3v) is 2.94. The van der Waals surface area contributed by atoms with Gasteiger partial charge in [-0.05, 0) is 24.3 Å². The SMILES string of the molecule is O=C(CCOc1ccccc1Cl)Nc1cc(F)ccc1F. The average molecular weight is 312 g/mol. The zero-order chi connectivity index (χ0) is 15.2. The van der Waals surface area contributed by atoms with E-state index < -0.39 is 17.5 Å². The van der Waals surface area contributed by atoms with Gasteiger partial charge >= 0.3 is 0 Å². The lowest BCUT2D eigenvalue weighted by Crippen LogP contribution is -2.16. The number of amides is 1. The van der Waals surface area contributed by atoms with Crippen molar-refractivity contribution in [1.82, 2.24) is 0 Å². The lowest BCUT2D eigenvalue weighted by Gasteiger charge is -2.09. The van der Waals surface area contributed by atoms with Crippen molar-refractivity contribution in [3.63, 3.8) is 0 Å². The van der Waals surface area contributed by atoms with Gasteiger partial charge in [0.05, 0.1) is 23.7 Å². The molecule has 0 aliphatic rings. The molecule has 0 aliphatic carbocycles. The molecule has 3 nitrogen and oxygen atoms in total. The van der Waals surface area contributed by atoms with Crippen LogP contribution in [0.1, 0.15) is 6.42 Å². The van der Waals surface area contributed by atoms with Crippen LogP contribution in [0.15, 0.2) is 42.5 Å². The summed E-state index contributed by atoms with van der Waals surface area (Å²) in [7, 11) is 0. The number of para-hydroxylation sites is 1. The van der Waals surface area contributed by atoms with Crippen molar-refractivity contribution in [2.24, 2.45) is 0 Å². The smallest absolute Gasteiger partial charge is 0.227 e. The number of hydrogen-bond donors (Lipinski definition) is 1. The second kappa shape index (κ2) is 7.04. The normalized spacial score (nSPS) is 10.2. The molecule has 0 fully saturated rings. The van der Waals surface area contributed by atoms with E-state index in [1.54, 1.807) is 24.3 Å². The van der Waals surface area contributed by atoms with Crippen LogP contribution in [0, 0.1) is 11.6 Å². The Kier molecular flexibility index (Phi) is 5.11. The van der Waals surface area contributed by atoms with Crippen LogP contribution in [0.2, 0.25) is 5.02 Å². The van der Waals surface area contributed by atoms with E-state index in [4.69, 9.17) is 16.3 Å². The Hall–Kier alpha value is -2.14. The maximum Gasteiger partial charge on any atom is 0.227 e. The molecule has 0 spiro atoms. The molecular formula is C15H12ClF2NO2. The van der Waals surface area contributed by atoms with Crippen LogP contribution in [0.5, 0.6) is 5.75 Å². The molecule has 6 heteroatoms. The van der Waals surface area contributed by atoms with Crippen molar-refractivity contribution in [2.45, 2.75) is 6.42 Å². The van der Waals surface area contributed by atoms with Crippen LogP contribution < -0.4 is 10.1 Å². The van der Waals surface area contributed by atoms with Gasteiger partial charge in [-0.1, -0.05) is 23.7 Å². The van der Waals surface area contributed by atoms with Crippen molar-refractivity contribution in [3.05, 3.63) is 59.1 Å². The van der Waals surface area contributed by atoms with E-state index in [-0.39, 0.29) is 18.7 Å². The Bertz CT molecular complexity index is 649. The molecule has 0 radical (unpaired) electrons. The molecule has 110 valence electrons. The van der Waals surface area contributed by atoms with Gasteiger partial charge in [0.15, 0.2) is 0 Å². The molecule has 0 heterocycles. The first-order chi connectivity index (χ1) is 10.1. The van der Waals surface area contributed by atoms with Gasteiger partial charge in [-0.25, -0.2) is 8.78 Å². The van der Waals surface area contributed by atoms with E-state index in [2.05, 4.69) is 5.32 Å². The molecule has 0 aromatic heterocycles. The Morgan fingerprint density at radius 1 is 1.19 bits per heavy atom. The maximum absolute atomic E-state index is 13.3. The highest BCUT2D eigenvalue weighted by Gasteiger charge is 2.09. The standard InChI is InChI=1S/C15H12ClF2NO2/c16-11-3-1-2-4-14(11)21-8-7-15(20)19-13-9-10(17)5-6-12(13)18/h1-6,9H,7-8H2,(H,19,20). The lowest BCUT2D eigenvalue weighted by atomic mass is 10.3. The van der Waals surface area contributed by atoms with E-state index >= 15 is 0 Å². The van der Waals surface area contributed by atoms with Crippen LogP contribution in [0.3, 0.4) is 0 Å². The largest absolute Gasteiger partial charge is 0.491 e. The summed E-state index contributed by atoms with van der Waals surface area (Å²) in [6.07, 6.45) is -0.0127. The minimum atomic E-state index is -0.697. The Morgan fingerprint density at radius 3 is 2.71 bits per heavy atom. The molecule has 2 aromatic rings. The maximum atomic E-state index is 13.3. The van der Waals surface area contributed by atoms with Crippen molar-refractivity contribution >= 4 is 23.2 Å². The van der Waals surface area contributed by atoms with E-state index in [1.807, 2.05) is 0 Å². The number of hydrogen-bond acceptors (Lipinski definition) is 2. The highest BCUT2D eigenvalue weighted by molar-refractivity contribution is 6.32. The molecule has 2 rings (SSSR count). The van der Waals surface area contributed by atoms with Crippen molar-refractivity contribution in [2.75, 3.05) is 11.9 Å². The molecular weight excluding hydrogens is 300 g/mol. The van der Waals surface area contributed by atoms with Gasteiger partial charge in [-0.3, -0.25) is 4.79 Å². The number of anilines is 1. The fourth-order valence-corrected chi connectivity index (χ4v) is 1.81. The predicted octanol–water partition coefficient (Wildman–Crippen LogP) is 4.03. The highest BCUT2D eigenvalue weighted by atomic mass is 35.5. The summed E-state index contributed by atoms with van der Waals surface area (Å²) >= 11 is 5.89. The highest BCUT2D eigenvalue weighted by Crippen LogP contribution is 2.23. The van der Waals surface area contributed by atoms with Crippen LogP contribution in [0.4, 0.5) is 14.5 Å². The van der Waals surface area contributed by atoms with E-state index in [9.17, 15) is 13.6 Å². The van der Waals surface area contributed by atoms with E-state index in [1.165, 1.54) is 0 Å². The molecule has 0 saturated carbocycles. The topological polar surface area (TPSA) is 38.3 Å². The quantitative estimate of drug-likeness (QED) is 0.905. The second-order valence-electron chi connectivity index (χ2n) is 4.20. The fraction of sp³-hybridized carbons (Fsp3) is 0.133. The van der Waals surface area contributed by atoms with Crippen LogP contribution in [0.25, 0.3) is 0 Å². The third kappa shape index (κ3) is 4.43. The van der Waals surface area contributed by atoms with Crippen molar-refractivity contribution in [1.29, 1.82) is 0 Å². The number of ether oxygens (including phenoxy) is 1. The van der Waals surface area contributed by atoms with Crippen LogP contribution >= 0.6 is 11.6 Å². The summed E-state index contributed by atoms with van der Waals surface area (Å²) < 4.78 is 31.6. The molecule has 0 bridgehead atoms. The molecule has 0 atom stereocenters. The van der Waals surface area contributed by atoms with E-state index in [0.717, 1.165) is 18.2 Å². The number of carbonyl (C=O) groups is 1. The third-order valence-electron chi connectivity index (χ3n) is 2.63. The van der Waals surface area contributed by atoms with Gasteiger partial charge in [-0.2, -0.15) is 0 Å². The zero-order valence-corrected chi connectivity index (χ0v) is 11.7. The zero-order valence-electron chi connectivity index (χ0n) is 10.9. The molecule has 0 aliphatic heterocycles. The Labute approximate surface area is 125 Å². The number of benzene rings is 2. The van der Waals surface area contributed by atoms with Crippen LogP contribution in [-0.2, 0) is 4.79 Å². The molecule has 0 saturated heterocycles. The van der Waals surface area contributed by atoms with E-state index in [0.29, 0.717) is 10.8 Å². The lowest BCUT2D eigenvalue weighted by molar-refractivity contribution is -0.116. The molecule has 1 N–H and O–H groups in total. The van der Waals surface area contributed by atoms with Crippen molar-refractivity contribution in [3.8, 4) is 5.75 Å². The van der Waals surface area contributed by atoms with Gasteiger partial charge in [0.2, 0.25) is 5.91 Å². The first-order valence-corrected chi connectivity index (χ1v) is 6.56. The van der Waals surface area contributed by atoms with Gasteiger partial charge in [-0.15, -0.1) is 0 Å². The van der Waals surface area contributed by atoms with Crippen molar-refractivity contribution < 1.29 is 18.3 Å². The summed E-state index contributed by atoms with van der Waals surface area (Å²) in [4.78, 5) is 11.6. The second-order valence-corrected chi connectivity index (χ2v) is 4.61. The monoisotopic (exact) mass is 311 g/mol. The fourth-order valence-electron chi connectivity index (χ4n) is 1.62. The number of nitrogens with one attached hydrogen (secondary N) is 1. The first-order valence-electron chi connectivity index (χ1n) is 6.18. The van der Waals surface area contributed by atoms with Gasteiger partial charge in [0.1, 0.15) is 17.4 Å². The van der Waals surface area contributed by atoms with Gasteiger partial charge < -0.3 is 10.1 Å². The number of carbonyl (C=O) groups excluding carboxylic acids is 1. The van der Waals surface area contributed by atoms with Gasteiger partial charge in [0.25, 0.3) is 0 Å². The number of halogens is 3. The number of rotatable bonds is 5. The Morgan fingerprint density at radius 2 is 1.95 bits per heavy atom. The molecule has 2 aromatic carbocycles. The first kappa shape index (κ1) is 15.3. The minimum absolute atomic E-state index is 0.0127. The average Bonchev–Trinajstić information content (AvgIpc) is 2.45. The summed E-state index contributed by atoms with van der Waals surface area (Å²) in [6.45, 7) is 0.0759. The Balaban J connectivity index is 1.85. The molecule has 21 heavy (non-hydrogen) atoms. The molecule has 0 unspecified atom stereocenters. The summed E-state index contributed by atoms with van der Waals surface area (Å²) in [6, 6.07) is 9.70. The summed E-state index contributed by atoms with van der Waals surface area (Å²) in [5.41, 5.74) is -0.197. The summed E-state index contributed by atoms with van der Waals surface area (Å²) in [5.74, 6) is -1.34. The van der Waals surface area contributed by atoms with Gasteiger partial charge in [0, 0.05) is 6.07 Å².